The molecule has 1 N–H and O–H groups in total. The van der Waals surface area contributed by atoms with Crippen LogP contribution in [-0.2, 0) is 22.5 Å². The highest BCUT2D eigenvalue weighted by Gasteiger charge is 2.22. The van der Waals surface area contributed by atoms with Gasteiger partial charge in [-0.25, -0.2) is 4.98 Å². The molecule has 6 heteroatoms. The Bertz CT molecular complexity index is 1150. The van der Waals surface area contributed by atoms with Crippen molar-refractivity contribution in [3.05, 3.63) is 59.4 Å². The zero-order valence-corrected chi connectivity index (χ0v) is 22.8. The summed E-state index contributed by atoms with van der Waals surface area (Å²) >= 11 is 0. The number of benzene rings is 2. The highest BCUT2D eigenvalue weighted by Crippen LogP contribution is 2.28. The van der Waals surface area contributed by atoms with Crippen LogP contribution < -0.4 is 10.1 Å². The summed E-state index contributed by atoms with van der Waals surface area (Å²) in [5.74, 6) is 2.68. The van der Waals surface area contributed by atoms with Crippen LogP contribution in [0.25, 0.3) is 11.0 Å². The summed E-state index contributed by atoms with van der Waals surface area (Å²) < 4.78 is 14.0. The molecular formula is C31H43N3O3. The van der Waals surface area contributed by atoms with Crippen molar-refractivity contribution in [1.82, 2.24) is 14.9 Å². The first-order valence-corrected chi connectivity index (χ1v) is 14.1. The average Bonchev–Trinajstić information content (AvgIpc) is 3.54. The quantitative estimate of drug-likeness (QED) is 0.260. The van der Waals surface area contributed by atoms with Crippen molar-refractivity contribution in [2.24, 2.45) is 0 Å². The number of unbranched alkanes of at least 4 members (excludes halogenated alkanes) is 3. The Balaban J connectivity index is 1.23. The SMILES string of the molecule is Cc1ccc(C(C)C)c(OCCCCn2c(CCCCCNC(=O)C3CCCO3)nc3ccccc32)c1. The second-order valence-electron chi connectivity index (χ2n) is 10.5. The summed E-state index contributed by atoms with van der Waals surface area (Å²) in [6.45, 7) is 9.64. The van der Waals surface area contributed by atoms with Crippen LogP contribution in [0.4, 0.5) is 0 Å². The molecule has 1 aliphatic rings. The van der Waals surface area contributed by atoms with Crippen LogP contribution >= 0.6 is 0 Å². The second kappa shape index (κ2) is 13.6. The maximum atomic E-state index is 12.1. The van der Waals surface area contributed by atoms with Crippen LogP contribution in [0.1, 0.15) is 81.7 Å². The highest BCUT2D eigenvalue weighted by atomic mass is 16.5. The lowest BCUT2D eigenvalue weighted by Crippen LogP contribution is -2.34. The summed E-state index contributed by atoms with van der Waals surface area (Å²) in [6, 6.07) is 14.9. The molecule has 2 aromatic carbocycles. The molecule has 1 unspecified atom stereocenters. The summed E-state index contributed by atoms with van der Waals surface area (Å²) in [7, 11) is 0. The molecule has 0 bridgehead atoms. The molecule has 4 rings (SSSR count). The van der Waals surface area contributed by atoms with Gasteiger partial charge in [0.15, 0.2) is 0 Å². The van der Waals surface area contributed by atoms with Crippen molar-refractivity contribution in [2.75, 3.05) is 19.8 Å². The summed E-state index contributed by atoms with van der Waals surface area (Å²) in [5.41, 5.74) is 4.79. The van der Waals surface area contributed by atoms with Gasteiger partial charge in [0, 0.05) is 26.1 Å². The summed E-state index contributed by atoms with van der Waals surface area (Å²) in [5, 5.41) is 3.02. The van der Waals surface area contributed by atoms with Gasteiger partial charge >= 0.3 is 0 Å². The number of aryl methyl sites for hydroxylation is 3. The number of rotatable bonds is 14. The number of carbonyl (C=O) groups is 1. The molecule has 37 heavy (non-hydrogen) atoms. The van der Waals surface area contributed by atoms with E-state index in [1.807, 2.05) is 0 Å². The zero-order chi connectivity index (χ0) is 26.0. The van der Waals surface area contributed by atoms with Gasteiger partial charge in [-0.3, -0.25) is 4.79 Å². The van der Waals surface area contributed by atoms with Crippen LogP contribution in [0.15, 0.2) is 42.5 Å². The summed E-state index contributed by atoms with van der Waals surface area (Å²) in [4.78, 5) is 17.0. The molecule has 0 spiro atoms. The molecule has 1 fully saturated rings. The molecule has 0 saturated carbocycles. The van der Waals surface area contributed by atoms with Gasteiger partial charge in [-0.15, -0.1) is 0 Å². The molecular weight excluding hydrogens is 462 g/mol. The number of aromatic nitrogens is 2. The number of nitrogens with one attached hydrogen (secondary N) is 1. The third-order valence-electron chi connectivity index (χ3n) is 7.16. The van der Waals surface area contributed by atoms with Crippen LogP contribution in [0.2, 0.25) is 0 Å². The van der Waals surface area contributed by atoms with E-state index in [1.165, 1.54) is 16.6 Å². The maximum Gasteiger partial charge on any atom is 0.249 e. The standard InChI is InChI=1S/C31H43N3O3/c1-23(2)25-17-16-24(3)22-29(25)37-20-10-9-19-34-27-13-7-6-12-26(27)33-30(34)15-5-4-8-18-32-31(35)28-14-11-21-36-28/h6-7,12-13,16-17,22-23,28H,4-5,8-11,14-15,18-21H2,1-3H3,(H,32,35). The molecule has 3 aromatic rings. The predicted octanol–water partition coefficient (Wildman–Crippen LogP) is 6.34. The third-order valence-corrected chi connectivity index (χ3v) is 7.16. The van der Waals surface area contributed by atoms with E-state index in [-0.39, 0.29) is 12.0 Å². The van der Waals surface area contributed by atoms with Gasteiger partial charge < -0.3 is 19.4 Å². The van der Waals surface area contributed by atoms with E-state index >= 15 is 0 Å². The molecule has 1 aromatic heterocycles. The minimum atomic E-state index is -0.237. The molecule has 0 aliphatic carbocycles. The van der Waals surface area contributed by atoms with Crippen molar-refractivity contribution in [1.29, 1.82) is 0 Å². The fourth-order valence-electron chi connectivity index (χ4n) is 5.06. The largest absolute Gasteiger partial charge is 0.493 e. The van der Waals surface area contributed by atoms with Crippen molar-refractivity contribution >= 4 is 16.9 Å². The first kappa shape index (κ1) is 27.2. The van der Waals surface area contributed by atoms with E-state index in [2.05, 4.69) is 73.1 Å². The fraction of sp³-hybridized carbons (Fsp3) is 0.548. The van der Waals surface area contributed by atoms with E-state index < -0.39 is 0 Å². The predicted molar refractivity (Wildman–Crippen MR) is 149 cm³/mol. The first-order valence-electron chi connectivity index (χ1n) is 14.1. The number of hydrogen-bond acceptors (Lipinski definition) is 4. The number of amides is 1. The van der Waals surface area contributed by atoms with Crippen LogP contribution in [0, 0.1) is 6.92 Å². The van der Waals surface area contributed by atoms with E-state index in [1.54, 1.807) is 0 Å². The smallest absolute Gasteiger partial charge is 0.249 e. The minimum absolute atomic E-state index is 0.0473. The molecule has 200 valence electrons. The Kier molecular flexibility index (Phi) is 10.0. The van der Waals surface area contributed by atoms with E-state index in [4.69, 9.17) is 14.5 Å². The van der Waals surface area contributed by atoms with Gasteiger partial charge in [-0.2, -0.15) is 0 Å². The number of ether oxygens (including phenoxy) is 2. The number of hydrogen-bond donors (Lipinski definition) is 1. The van der Waals surface area contributed by atoms with Gasteiger partial charge in [0.2, 0.25) is 5.91 Å². The number of fused-ring (bicyclic) bond motifs is 1. The molecule has 2 heterocycles. The monoisotopic (exact) mass is 505 g/mol. The van der Waals surface area contributed by atoms with Gasteiger partial charge in [0.05, 0.1) is 17.6 Å². The van der Waals surface area contributed by atoms with Gasteiger partial charge in [-0.05, 0) is 80.7 Å². The fourth-order valence-corrected chi connectivity index (χ4v) is 5.06. The van der Waals surface area contributed by atoms with E-state index in [9.17, 15) is 4.79 Å². The zero-order valence-electron chi connectivity index (χ0n) is 22.8. The molecule has 1 saturated heterocycles. The average molecular weight is 506 g/mol. The third kappa shape index (κ3) is 7.57. The molecule has 1 aliphatic heterocycles. The Morgan fingerprint density at radius 3 is 2.81 bits per heavy atom. The molecule has 1 amide bonds. The van der Waals surface area contributed by atoms with E-state index in [0.29, 0.717) is 19.1 Å². The van der Waals surface area contributed by atoms with Crippen molar-refractivity contribution < 1.29 is 14.3 Å². The Morgan fingerprint density at radius 2 is 2.00 bits per heavy atom. The topological polar surface area (TPSA) is 65.4 Å². The normalized spacial score (nSPS) is 15.5. The van der Waals surface area contributed by atoms with Crippen molar-refractivity contribution in [3.63, 3.8) is 0 Å². The van der Waals surface area contributed by atoms with E-state index in [0.717, 1.165) is 81.6 Å². The van der Waals surface area contributed by atoms with Gasteiger partial charge in [-0.1, -0.05) is 44.5 Å². The maximum absolute atomic E-state index is 12.1. The molecule has 1 atom stereocenters. The molecule has 0 radical (unpaired) electrons. The number of carbonyl (C=O) groups excluding carboxylic acids is 1. The number of imidazole rings is 1. The minimum Gasteiger partial charge on any atom is -0.493 e. The lowest BCUT2D eigenvalue weighted by atomic mass is 10.0. The summed E-state index contributed by atoms with van der Waals surface area (Å²) in [6.07, 6.45) is 7.70. The Labute approximate surface area is 221 Å². The van der Waals surface area contributed by atoms with Crippen molar-refractivity contribution in [2.45, 2.75) is 90.7 Å². The van der Waals surface area contributed by atoms with Gasteiger partial charge in [0.1, 0.15) is 17.7 Å². The van der Waals surface area contributed by atoms with Crippen LogP contribution in [-0.4, -0.2) is 41.3 Å². The Morgan fingerprint density at radius 1 is 1.14 bits per heavy atom. The second-order valence-corrected chi connectivity index (χ2v) is 10.5. The number of nitrogens with zero attached hydrogens (tertiary/aromatic N) is 2. The lowest BCUT2D eigenvalue weighted by Gasteiger charge is -2.15. The lowest BCUT2D eigenvalue weighted by molar-refractivity contribution is -0.130. The Hall–Kier alpha value is -2.86. The highest BCUT2D eigenvalue weighted by molar-refractivity contribution is 5.80. The van der Waals surface area contributed by atoms with Crippen LogP contribution in [0.3, 0.4) is 0 Å². The van der Waals surface area contributed by atoms with Gasteiger partial charge in [0.25, 0.3) is 0 Å². The first-order chi connectivity index (χ1) is 18.0. The molecule has 6 nitrogen and oxygen atoms in total. The number of para-hydroxylation sites is 2. The van der Waals surface area contributed by atoms with Crippen LogP contribution in [0.5, 0.6) is 5.75 Å². The van der Waals surface area contributed by atoms with Crippen molar-refractivity contribution in [3.8, 4) is 5.75 Å².